The zero-order chi connectivity index (χ0) is 14.7. The van der Waals surface area contributed by atoms with Gasteiger partial charge in [-0.25, -0.2) is 14.8 Å². The van der Waals surface area contributed by atoms with Gasteiger partial charge in [-0.3, -0.25) is 0 Å². The van der Waals surface area contributed by atoms with E-state index in [1.54, 1.807) is 0 Å². The lowest BCUT2D eigenvalue weighted by Crippen LogP contribution is -2.06. The number of aliphatic carboxylic acids is 1. The van der Waals surface area contributed by atoms with Crippen molar-refractivity contribution in [1.29, 1.82) is 0 Å². The molecule has 2 heterocycles. The Morgan fingerprint density at radius 1 is 1.55 bits per heavy atom. The minimum Gasteiger partial charge on any atom is -0.477 e. The highest BCUT2D eigenvalue weighted by Crippen LogP contribution is 2.27. The number of aromatic nitrogens is 3. The molecule has 0 radical (unpaired) electrons. The highest BCUT2D eigenvalue weighted by Gasteiger charge is 2.14. The fraction of sp³-hybridized carbons (Fsp3) is 0.308. The predicted octanol–water partition coefficient (Wildman–Crippen LogP) is 2.39. The predicted molar refractivity (Wildman–Crippen MR) is 70.9 cm³/mol. The van der Waals surface area contributed by atoms with Crippen molar-refractivity contribution in [2.45, 2.75) is 13.8 Å². The van der Waals surface area contributed by atoms with E-state index in [0.29, 0.717) is 35.0 Å². The molecule has 2 N–H and O–H groups in total. The average molecular weight is 279 g/mol. The van der Waals surface area contributed by atoms with Gasteiger partial charge in [0.2, 0.25) is 11.7 Å². The van der Waals surface area contributed by atoms with Crippen LogP contribution in [0.5, 0.6) is 5.88 Å². The van der Waals surface area contributed by atoms with E-state index in [1.165, 1.54) is 12.5 Å². The number of nitrogens with zero attached hydrogens (tertiary/aromatic N) is 2. The van der Waals surface area contributed by atoms with Crippen LogP contribution in [0, 0.1) is 5.92 Å². The quantitative estimate of drug-likeness (QED) is 0.820. The van der Waals surface area contributed by atoms with Crippen LogP contribution >= 0.6 is 0 Å². The molecule has 0 atom stereocenters. The van der Waals surface area contributed by atoms with Crippen LogP contribution in [0.1, 0.15) is 19.4 Å². The van der Waals surface area contributed by atoms with Gasteiger partial charge in [0.05, 0.1) is 12.0 Å². The Morgan fingerprint density at radius 2 is 2.30 bits per heavy atom. The van der Waals surface area contributed by atoms with E-state index in [4.69, 9.17) is 9.84 Å². The molecule has 0 aliphatic heterocycles. The fourth-order valence-corrected chi connectivity index (χ4v) is 1.62. The van der Waals surface area contributed by atoms with Gasteiger partial charge < -0.3 is 14.8 Å². The third-order valence-electron chi connectivity index (χ3n) is 2.51. The molecule has 6 nitrogen and oxygen atoms in total. The molecule has 106 valence electrons. The summed E-state index contributed by atoms with van der Waals surface area (Å²) in [5.41, 5.74) is 0.794. The average Bonchev–Trinajstić information content (AvgIpc) is 2.80. The molecule has 0 unspecified atom stereocenters. The first-order chi connectivity index (χ1) is 9.49. The highest BCUT2D eigenvalue weighted by molar-refractivity contribution is 5.96. The number of rotatable bonds is 5. The lowest BCUT2D eigenvalue weighted by atomic mass is 10.2. The van der Waals surface area contributed by atoms with Crippen LogP contribution in [0.2, 0.25) is 0 Å². The Hall–Kier alpha value is -2.44. The maximum atomic E-state index is 13.2. The molecule has 2 rings (SSSR count). The summed E-state index contributed by atoms with van der Waals surface area (Å²) in [5.74, 6) is -2.28. The number of hydrogen-bond acceptors (Lipinski definition) is 4. The van der Waals surface area contributed by atoms with Gasteiger partial charge in [0, 0.05) is 11.8 Å². The van der Waals surface area contributed by atoms with Crippen molar-refractivity contribution in [2.24, 2.45) is 5.92 Å². The molecular formula is C13H14FN3O3. The van der Waals surface area contributed by atoms with E-state index in [2.05, 4.69) is 15.0 Å². The van der Waals surface area contributed by atoms with Gasteiger partial charge in [0.1, 0.15) is 12.0 Å². The number of aromatic amines is 1. The van der Waals surface area contributed by atoms with Crippen LogP contribution in [0.15, 0.2) is 18.4 Å². The summed E-state index contributed by atoms with van der Waals surface area (Å²) in [5, 5.41) is 9.04. The Kier molecular flexibility index (Phi) is 3.97. The van der Waals surface area contributed by atoms with Crippen molar-refractivity contribution in [1.82, 2.24) is 15.0 Å². The molecule has 7 heteroatoms. The summed E-state index contributed by atoms with van der Waals surface area (Å²) in [4.78, 5) is 21.4. The summed E-state index contributed by atoms with van der Waals surface area (Å²) in [6, 6.07) is 0. The molecule has 0 spiro atoms. The van der Waals surface area contributed by atoms with Crippen molar-refractivity contribution < 1.29 is 19.0 Å². The van der Waals surface area contributed by atoms with E-state index < -0.39 is 11.8 Å². The van der Waals surface area contributed by atoms with Crippen LogP contribution in [0.3, 0.4) is 0 Å². The molecule has 0 aromatic carbocycles. The molecule has 0 aliphatic carbocycles. The summed E-state index contributed by atoms with van der Waals surface area (Å²) < 4.78 is 18.8. The second-order valence-corrected chi connectivity index (χ2v) is 4.65. The Labute approximate surface area is 114 Å². The van der Waals surface area contributed by atoms with Crippen molar-refractivity contribution in [3.8, 4) is 5.88 Å². The maximum absolute atomic E-state index is 13.2. The van der Waals surface area contributed by atoms with Gasteiger partial charge >= 0.3 is 5.97 Å². The van der Waals surface area contributed by atoms with E-state index in [0.717, 1.165) is 6.08 Å². The van der Waals surface area contributed by atoms with E-state index >= 15 is 0 Å². The smallest absolute Gasteiger partial charge is 0.364 e. The molecule has 0 fully saturated rings. The van der Waals surface area contributed by atoms with Crippen LogP contribution in [0.25, 0.3) is 17.1 Å². The maximum Gasteiger partial charge on any atom is 0.364 e. The third-order valence-corrected chi connectivity index (χ3v) is 2.51. The van der Waals surface area contributed by atoms with Crippen molar-refractivity contribution in [2.75, 3.05) is 6.61 Å². The molecule has 0 saturated heterocycles. The SMILES string of the molecule is CC(C)COc1ncnc2[nH]cc(C=C(F)C(=O)O)c12. The molecule has 0 bridgehead atoms. The fourth-order valence-electron chi connectivity index (χ4n) is 1.62. The summed E-state index contributed by atoms with van der Waals surface area (Å²) in [7, 11) is 0. The number of nitrogens with one attached hydrogen (secondary N) is 1. The largest absolute Gasteiger partial charge is 0.477 e. The van der Waals surface area contributed by atoms with Crippen molar-refractivity contribution in [3.63, 3.8) is 0 Å². The van der Waals surface area contributed by atoms with Crippen molar-refractivity contribution >= 4 is 23.1 Å². The molecule has 20 heavy (non-hydrogen) atoms. The van der Waals surface area contributed by atoms with Crippen molar-refractivity contribution in [3.05, 3.63) is 23.9 Å². The Balaban J connectivity index is 2.46. The molecule has 2 aromatic heterocycles. The van der Waals surface area contributed by atoms with Gasteiger partial charge in [0.15, 0.2) is 0 Å². The minimum absolute atomic E-state index is 0.300. The first-order valence-electron chi connectivity index (χ1n) is 6.04. The summed E-state index contributed by atoms with van der Waals surface area (Å²) >= 11 is 0. The number of carbonyl (C=O) groups is 1. The first-order valence-corrected chi connectivity index (χ1v) is 6.04. The zero-order valence-electron chi connectivity index (χ0n) is 11.1. The lowest BCUT2D eigenvalue weighted by molar-refractivity contribution is -0.134. The molecule has 0 amide bonds. The Bertz CT molecular complexity index is 664. The van der Waals surface area contributed by atoms with Crippen LogP contribution in [-0.4, -0.2) is 32.6 Å². The molecular weight excluding hydrogens is 265 g/mol. The van der Waals surface area contributed by atoms with E-state index in [-0.39, 0.29) is 0 Å². The Morgan fingerprint density at radius 3 is 2.95 bits per heavy atom. The lowest BCUT2D eigenvalue weighted by Gasteiger charge is -2.08. The molecule has 0 aliphatic rings. The number of H-pyrrole nitrogens is 1. The third kappa shape index (κ3) is 2.93. The van der Waals surface area contributed by atoms with Gasteiger partial charge in [-0.2, -0.15) is 4.39 Å². The van der Waals surface area contributed by atoms with Crippen LogP contribution in [0.4, 0.5) is 4.39 Å². The zero-order valence-corrected chi connectivity index (χ0v) is 11.1. The van der Waals surface area contributed by atoms with Gasteiger partial charge in [-0.05, 0) is 12.0 Å². The summed E-state index contributed by atoms with van der Waals surface area (Å²) in [6.45, 7) is 4.42. The van der Waals surface area contributed by atoms with Gasteiger partial charge in [-0.1, -0.05) is 13.8 Å². The standard InChI is InChI=1S/C13H14FN3O3/c1-7(2)5-20-12-10-8(3-9(14)13(18)19)4-15-11(10)16-6-17-12/h3-4,6-7H,5H2,1-2H3,(H,18,19)(H,15,16,17). The van der Waals surface area contributed by atoms with E-state index in [1.807, 2.05) is 13.8 Å². The molecule has 2 aromatic rings. The minimum atomic E-state index is -1.62. The highest BCUT2D eigenvalue weighted by atomic mass is 19.1. The number of carboxylic acids is 1. The second-order valence-electron chi connectivity index (χ2n) is 4.65. The number of hydrogen-bond donors (Lipinski definition) is 2. The summed E-state index contributed by atoms with van der Waals surface area (Å²) in [6.07, 6.45) is 3.70. The molecule has 0 saturated carbocycles. The van der Waals surface area contributed by atoms with Crippen LogP contribution in [-0.2, 0) is 4.79 Å². The number of fused-ring (bicyclic) bond motifs is 1. The van der Waals surface area contributed by atoms with Gasteiger partial charge in [-0.15, -0.1) is 0 Å². The van der Waals surface area contributed by atoms with E-state index in [9.17, 15) is 9.18 Å². The number of halogens is 1. The van der Waals surface area contributed by atoms with Gasteiger partial charge in [0.25, 0.3) is 0 Å². The topological polar surface area (TPSA) is 88.1 Å². The number of carboxylic acid groups (broad SMARTS) is 1. The normalized spacial score (nSPS) is 12.1. The van der Waals surface area contributed by atoms with Crippen LogP contribution < -0.4 is 4.74 Å². The number of ether oxygens (including phenoxy) is 1. The second kappa shape index (κ2) is 5.68. The first kappa shape index (κ1) is 14.0. The monoisotopic (exact) mass is 279 g/mol.